The SMILES string of the molecule is CCNCCc1cccc(C(=O)CCC(=O)N2CCc3ccccc3C2)c1. The van der Waals surface area contributed by atoms with E-state index >= 15 is 0 Å². The van der Waals surface area contributed by atoms with E-state index in [2.05, 4.69) is 24.4 Å². The standard InChI is InChI=1S/C23H28N2O2/c1-2-24-14-12-18-6-5-9-20(16-18)22(26)10-11-23(27)25-15-13-19-7-3-4-8-21(19)17-25/h3-9,16,24H,2,10-15,17H2,1H3. The van der Waals surface area contributed by atoms with E-state index in [1.165, 1.54) is 11.1 Å². The molecule has 0 saturated carbocycles. The highest BCUT2D eigenvalue weighted by Gasteiger charge is 2.21. The predicted molar refractivity (Wildman–Crippen MR) is 108 cm³/mol. The fraction of sp³-hybridized carbons (Fsp3) is 0.391. The molecule has 1 aliphatic heterocycles. The van der Waals surface area contributed by atoms with E-state index in [9.17, 15) is 9.59 Å². The number of nitrogens with one attached hydrogen (secondary N) is 1. The highest BCUT2D eigenvalue weighted by atomic mass is 16.2. The number of benzene rings is 2. The first-order chi connectivity index (χ1) is 13.2. The van der Waals surface area contributed by atoms with E-state index in [1.54, 1.807) is 0 Å². The van der Waals surface area contributed by atoms with Crippen LogP contribution in [-0.2, 0) is 24.2 Å². The summed E-state index contributed by atoms with van der Waals surface area (Å²) in [6.45, 7) is 5.33. The van der Waals surface area contributed by atoms with Crippen molar-refractivity contribution in [3.8, 4) is 0 Å². The normalized spacial score (nSPS) is 13.3. The van der Waals surface area contributed by atoms with Crippen molar-refractivity contribution >= 4 is 11.7 Å². The minimum absolute atomic E-state index is 0.0473. The second kappa shape index (κ2) is 9.47. The lowest BCUT2D eigenvalue weighted by atomic mass is 9.99. The summed E-state index contributed by atoms with van der Waals surface area (Å²) in [7, 11) is 0. The summed E-state index contributed by atoms with van der Waals surface area (Å²) in [5.41, 5.74) is 4.41. The summed E-state index contributed by atoms with van der Waals surface area (Å²) in [6, 6.07) is 16.0. The number of amides is 1. The quantitative estimate of drug-likeness (QED) is 0.577. The first-order valence-electron chi connectivity index (χ1n) is 9.85. The molecule has 0 fully saturated rings. The Labute approximate surface area is 161 Å². The summed E-state index contributed by atoms with van der Waals surface area (Å²) in [5, 5.41) is 3.29. The molecular formula is C23H28N2O2. The maximum absolute atomic E-state index is 12.6. The molecule has 1 amide bonds. The Morgan fingerprint density at radius 2 is 1.85 bits per heavy atom. The van der Waals surface area contributed by atoms with Crippen molar-refractivity contribution in [1.29, 1.82) is 0 Å². The predicted octanol–water partition coefficient (Wildman–Crippen LogP) is 3.39. The third kappa shape index (κ3) is 5.27. The van der Waals surface area contributed by atoms with Crippen molar-refractivity contribution in [2.75, 3.05) is 19.6 Å². The summed E-state index contributed by atoms with van der Waals surface area (Å²) in [5.74, 6) is 0.118. The molecule has 3 rings (SSSR count). The van der Waals surface area contributed by atoms with E-state index < -0.39 is 0 Å². The third-order valence-electron chi connectivity index (χ3n) is 5.14. The van der Waals surface area contributed by atoms with Crippen LogP contribution in [0.15, 0.2) is 48.5 Å². The van der Waals surface area contributed by atoms with E-state index in [-0.39, 0.29) is 24.5 Å². The fourth-order valence-electron chi connectivity index (χ4n) is 3.54. The zero-order valence-corrected chi connectivity index (χ0v) is 16.0. The van der Waals surface area contributed by atoms with Crippen LogP contribution in [0.1, 0.15) is 46.8 Å². The minimum atomic E-state index is 0.0473. The van der Waals surface area contributed by atoms with Crippen LogP contribution >= 0.6 is 0 Å². The maximum Gasteiger partial charge on any atom is 0.223 e. The molecular weight excluding hydrogens is 336 g/mol. The molecule has 2 aromatic rings. The van der Waals surface area contributed by atoms with Crippen molar-refractivity contribution < 1.29 is 9.59 Å². The smallest absolute Gasteiger partial charge is 0.223 e. The summed E-state index contributed by atoms with van der Waals surface area (Å²) in [4.78, 5) is 27.0. The van der Waals surface area contributed by atoms with Gasteiger partial charge in [-0.3, -0.25) is 9.59 Å². The van der Waals surface area contributed by atoms with E-state index in [0.717, 1.165) is 38.0 Å². The monoisotopic (exact) mass is 364 g/mol. The summed E-state index contributed by atoms with van der Waals surface area (Å²) in [6.07, 6.45) is 2.35. The molecule has 27 heavy (non-hydrogen) atoms. The number of hydrogen-bond acceptors (Lipinski definition) is 3. The first-order valence-corrected chi connectivity index (χ1v) is 9.85. The Bertz CT molecular complexity index is 800. The molecule has 0 aromatic heterocycles. The Kier molecular flexibility index (Phi) is 6.77. The highest BCUT2D eigenvalue weighted by molar-refractivity contribution is 5.98. The fourth-order valence-corrected chi connectivity index (χ4v) is 3.54. The van der Waals surface area contributed by atoms with Crippen LogP contribution in [0.3, 0.4) is 0 Å². The third-order valence-corrected chi connectivity index (χ3v) is 5.14. The van der Waals surface area contributed by atoms with E-state index in [0.29, 0.717) is 12.1 Å². The van der Waals surface area contributed by atoms with Gasteiger partial charge in [-0.25, -0.2) is 0 Å². The van der Waals surface area contributed by atoms with Crippen LogP contribution in [-0.4, -0.2) is 36.2 Å². The molecule has 1 aliphatic rings. The van der Waals surface area contributed by atoms with Gasteiger partial charge in [0.05, 0.1) is 0 Å². The van der Waals surface area contributed by atoms with Gasteiger partial charge < -0.3 is 10.2 Å². The van der Waals surface area contributed by atoms with Gasteiger partial charge in [0.1, 0.15) is 0 Å². The average molecular weight is 364 g/mol. The number of ketones is 1. The van der Waals surface area contributed by atoms with Gasteiger partial charge in [-0.05, 0) is 48.7 Å². The number of hydrogen-bond donors (Lipinski definition) is 1. The van der Waals surface area contributed by atoms with Crippen LogP contribution < -0.4 is 5.32 Å². The van der Waals surface area contributed by atoms with Gasteiger partial charge in [0, 0.05) is 31.5 Å². The van der Waals surface area contributed by atoms with Crippen molar-refractivity contribution in [1.82, 2.24) is 10.2 Å². The number of rotatable bonds is 8. The molecule has 0 atom stereocenters. The number of Topliss-reactive ketones (excluding diaryl/α,β-unsaturated/α-hetero) is 1. The molecule has 0 bridgehead atoms. The lowest BCUT2D eigenvalue weighted by Crippen LogP contribution is -2.36. The van der Waals surface area contributed by atoms with Gasteiger partial charge in [0.25, 0.3) is 0 Å². The molecule has 0 radical (unpaired) electrons. The Morgan fingerprint density at radius 3 is 2.67 bits per heavy atom. The zero-order chi connectivity index (χ0) is 19.1. The van der Waals surface area contributed by atoms with E-state index in [4.69, 9.17) is 0 Å². The van der Waals surface area contributed by atoms with Gasteiger partial charge in [-0.15, -0.1) is 0 Å². The molecule has 2 aromatic carbocycles. The second-order valence-electron chi connectivity index (χ2n) is 7.06. The molecule has 1 heterocycles. The van der Waals surface area contributed by atoms with E-state index in [1.807, 2.05) is 41.3 Å². The van der Waals surface area contributed by atoms with Crippen LogP contribution in [0.2, 0.25) is 0 Å². The molecule has 4 heteroatoms. The molecule has 0 saturated heterocycles. The topological polar surface area (TPSA) is 49.4 Å². The van der Waals surface area contributed by atoms with Crippen LogP contribution in [0, 0.1) is 0 Å². The first kappa shape index (κ1) is 19.3. The van der Waals surface area contributed by atoms with Crippen molar-refractivity contribution in [3.05, 3.63) is 70.8 Å². The highest BCUT2D eigenvalue weighted by Crippen LogP contribution is 2.19. The van der Waals surface area contributed by atoms with Gasteiger partial charge >= 0.3 is 0 Å². The average Bonchev–Trinajstić information content (AvgIpc) is 2.72. The van der Waals surface area contributed by atoms with Gasteiger partial charge in [0.15, 0.2) is 5.78 Å². The number of nitrogens with zero attached hydrogens (tertiary/aromatic N) is 1. The van der Waals surface area contributed by atoms with Crippen LogP contribution in [0.25, 0.3) is 0 Å². The molecule has 4 nitrogen and oxygen atoms in total. The molecule has 1 N–H and O–H groups in total. The molecule has 142 valence electrons. The second-order valence-corrected chi connectivity index (χ2v) is 7.06. The van der Waals surface area contributed by atoms with Gasteiger partial charge in [-0.2, -0.15) is 0 Å². The Morgan fingerprint density at radius 1 is 1.04 bits per heavy atom. The number of carbonyl (C=O) groups is 2. The van der Waals surface area contributed by atoms with Crippen LogP contribution in [0.5, 0.6) is 0 Å². The largest absolute Gasteiger partial charge is 0.338 e. The minimum Gasteiger partial charge on any atom is -0.338 e. The molecule has 0 unspecified atom stereocenters. The van der Waals surface area contributed by atoms with Crippen LogP contribution in [0.4, 0.5) is 0 Å². The number of carbonyl (C=O) groups excluding carboxylic acids is 2. The molecule has 0 aliphatic carbocycles. The number of likely N-dealkylation sites (N-methyl/N-ethyl adjacent to an activating group) is 1. The van der Waals surface area contributed by atoms with Gasteiger partial charge in [0.2, 0.25) is 5.91 Å². The zero-order valence-electron chi connectivity index (χ0n) is 16.0. The van der Waals surface area contributed by atoms with Crippen molar-refractivity contribution in [2.45, 2.75) is 39.2 Å². The summed E-state index contributed by atoms with van der Waals surface area (Å²) < 4.78 is 0. The lowest BCUT2D eigenvalue weighted by molar-refractivity contribution is -0.132. The van der Waals surface area contributed by atoms with Gasteiger partial charge in [-0.1, -0.05) is 49.4 Å². The Hall–Kier alpha value is -2.46. The van der Waals surface area contributed by atoms with Crippen molar-refractivity contribution in [2.24, 2.45) is 0 Å². The summed E-state index contributed by atoms with van der Waals surface area (Å²) >= 11 is 0. The maximum atomic E-state index is 12.6. The lowest BCUT2D eigenvalue weighted by Gasteiger charge is -2.28. The Balaban J connectivity index is 1.52. The van der Waals surface area contributed by atoms with Crippen molar-refractivity contribution in [3.63, 3.8) is 0 Å². The number of fused-ring (bicyclic) bond motifs is 1. The molecule has 0 spiro atoms.